The molecule has 7 nitrogen and oxygen atoms in total. The van der Waals surface area contributed by atoms with E-state index in [4.69, 9.17) is 22.3 Å². The molecule has 3 rings (SSSR count). The van der Waals surface area contributed by atoms with E-state index in [0.717, 1.165) is 30.5 Å². The third kappa shape index (κ3) is 5.27. The second kappa shape index (κ2) is 9.89. The number of primary amides is 1. The lowest BCUT2D eigenvalue weighted by Gasteiger charge is -2.34. The fourth-order valence-corrected chi connectivity index (χ4v) is 3.92. The normalized spacial score (nSPS) is 15.7. The first-order valence-corrected chi connectivity index (χ1v) is 10.7. The second-order valence-corrected chi connectivity index (χ2v) is 8.15. The van der Waals surface area contributed by atoms with Crippen molar-refractivity contribution in [3.63, 3.8) is 0 Å². The van der Waals surface area contributed by atoms with E-state index in [0.29, 0.717) is 29.4 Å². The van der Waals surface area contributed by atoms with Gasteiger partial charge in [0.2, 0.25) is 11.8 Å². The molecule has 0 bridgehead atoms. The molecule has 8 heteroatoms. The Bertz CT molecular complexity index is 971. The van der Waals surface area contributed by atoms with Crippen molar-refractivity contribution in [1.82, 2.24) is 14.9 Å². The molecule has 0 fully saturated rings. The Balaban J connectivity index is 1.89. The Morgan fingerprint density at radius 1 is 1.23 bits per heavy atom. The maximum Gasteiger partial charge on any atom is 0.256 e. The van der Waals surface area contributed by atoms with Crippen LogP contribution < -0.4 is 11.3 Å². The monoisotopic (exact) mass is 430 g/mol. The summed E-state index contributed by atoms with van der Waals surface area (Å²) >= 11 is 5.97. The van der Waals surface area contributed by atoms with E-state index in [2.05, 4.69) is 11.9 Å². The summed E-state index contributed by atoms with van der Waals surface area (Å²) in [6.07, 6.45) is 3.70. The Labute approximate surface area is 180 Å². The highest BCUT2D eigenvalue weighted by Crippen LogP contribution is 2.31. The highest BCUT2D eigenvalue weighted by atomic mass is 35.5. The number of hydrogen-bond donors (Lipinski definition) is 2. The van der Waals surface area contributed by atoms with Gasteiger partial charge in [0.25, 0.3) is 5.56 Å². The van der Waals surface area contributed by atoms with Crippen molar-refractivity contribution in [3.8, 4) is 11.4 Å². The van der Waals surface area contributed by atoms with E-state index in [-0.39, 0.29) is 36.8 Å². The first-order chi connectivity index (χ1) is 14.4. The van der Waals surface area contributed by atoms with Gasteiger partial charge in [-0.05, 0) is 37.1 Å². The number of halogens is 1. The average molecular weight is 431 g/mol. The van der Waals surface area contributed by atoms with E-state index in [1.807, 2.05) is 12.1 Å². The number of amides is 2. The van der Waals surface area contributed by atoms with Crippen LogP contribution in [-0.4, -0.2) is 33.2 Å². The van der Waals surface area contributed by atoms with Gasteiger partial charge in [0.15, 0.2) is 0 Å². The molecule has 0 saturated carbocycles. The summed E-state index contributed by atoms with van der Waals surface area (Å²) in [4.78, 5) is 45.9. The predicted octanol–water partition coefficient (Wildman–Crippen LogP) is 3.36. The summed E-state index contributed by atoms with van der Waals surface area (Å²) in [5, 5.41) is 0.616. The SMILES string of the molecule is CCCCC1CN(C(=O)CCCC(N)=O)Cc2c1nc(-c1ccc(Cl)cc1)[nH]c2=O. The molecule has 2 heterocycles. The minimum absolute atomic E-state index is 0.00198. The number of aromatic nitrogens is 2. The topological polar surface area (TPSA) is 109 Å². The molecule has 1 unspecified atom stereocenters. The summed E-state index contributed by atoms with van der Waals surface area (Å²) in [5.41, 5.74) is 7.05. The van der Waals surface area contributed by atoms with Crippen LogP contribution in [0.4, 0.5) is 0 Å². The number of carbonyl (C=O) groups is 2. The van der Waals surface area contributed by atoms with Gasteiger partial charge >= 0.3 is 0 Å². The van der Waals surface area contributed by atoms with Crippen LogP contribution in [0.3, 0.4) is 0 Å². The number of fused-ring (bicyclic) bond motifs is 1. The van der Waals surface area contributed by atoms with Crippen LogP contribution in [0.1, 0.15) is 62.6 Å². The van der Waals surface area contributed by atoms with Gasteiger partial charge in [0.05, 0.1) is 17.8 Å². The third-order valence-electron chi connectivity index (χ3n) is 5.41. The molecule has 1 aromatic heterocycles. The minimum atomic E-state index is -0.414. The van der Waals surface area contributed by atoms with Gasteiger partial charge in [0.1, 0.15) is 5.82 Å². The van der Waals surface area contributed by atoms with E-state index >= 15 is 0 Å². The molecular weight excluding hydrogens is 404 g/mol. The number of nitrogens with zero attached hydrogens (tertiary/aromatic N) is 2. The van der Waals surface area contributed by atoms with Crippen LogP contribution >= 0.6 is 11.6 Å². The van der Waals surface area contributed by atoms with Crippen molar-refractivity contribution in [2.75, 3.05) is 6.54 Å². The van der Waals surface area contributed by atoms with Crippen LogP contribution in [0.15, 0.2) is 29.1 Å². The number of unbranched alkanes of at least 4 members (excludes halogenated alkanes) is 1. The van der Waals surface area contributed by atoms with Crippen LogP contribution in [0.25, 0.3) is 11.4 Å². The van der Waals surface area contributed by atoms with E-state index in [9.17, 15) is 14.4 Å². The number of nitrogens with two attached hydrogens (primary N) is 1. The molecule has 30 heavy (non-hydrogen) atoms. The summed E-state index contributed by atoms with van der Waals surface area (Å²) in [7, 11) is 0. The smallest absolute Gasteiger partial charge is 0.256 e. The fraction of sp³-hybridized carbons (Fsp3) is 0.455. The third-order valence-corrected chi connectivity index (χ3v) is 5.67. The van der Waals surface area contributed by atoms with Crippen molar-refractivity contribution in [2.24, 2.45) is 5.73 Å². The predicted molar refractivity (Wildman–Crippen MR) is 116 cm³/mol. The maximum atomic E-state index is 12.9. The molecule has 1 atom stereocenters. The molecule has 1 aliphatic rings. The van der Waals surface area contributed by atoms with Gasteiger partial charge in [0, 0.05) is 35.9 Å². The van der Waals surface area contributed by atoms with Crippen molar-refractivity contribution in [1.29, 1.82) is 0 Å². The zero-order chi connectivity index (χ0) is 21.7. The lowest BCUT2D eigenvalue weighted by atomic mass is 9.90. The molecule has 160 valence electrons. The molecular formula is C22H27ClN4O3. The van der Waals surface area contributed by atoms with Crippen LogP contribution in [-0.2, 0) is 16.1 Å². The maximum absolute atomic E-state index is 12.9. The van der Waals surface area contributed by atoms with Gasteiger partial charge in [-0.3, -0.25) is 14.4 Å². The Hall–Kier alpha value is -2.67. The first-order valence-electron chi connectivity index (χ1n) is 10.3. The molecule has 0 spiro atoms. The first kappa shape index (κ1) is 22.0. The zero-order valence-electron chi connectivity index (χ0n) is 17.1. The van der Waals surface area contributed by atoms with Crippen molar-refractivity contribution >= 4 is 23.4 Å². The number of benzene rings is 1. The van der Waals surface area contributed by atoms with Gasteiger partial charge in [-0.1, -0.05) is 31.4 Å². The van der Waals surface area contributed by atoms with E-state index in [1.54, 1.807) is 17.0 Å². The Kier molecular flexibility index (Phi) is 7.26. The number of rotatable bonds is 8. The number of nitrogens with one attached hydrogen (secondary N) is 1. The summed E-state index contributed by atoms with van der Waals surface area (Å²) < 4.78 is 0. The Morgan fingerprint density at radius 3 is 2.63 bits per heavy atom. The largest absolute Gasteiger partial charge is 0.370 e. The van der Waals surface area contributed by atoms with Crippen LogP contribution in [0, 0.1) is 0 Å². The zero-order valence-corrected chi connectivity index (χ0v) is 17.9. The molecule has 1 aromatic carbocycles. The summed E-state index contributed by atoms with van der Waals surface area (Å²) in [5.74, 6) is 0.0350. The molecule has 0 saturated heterocycles. The lowest BCUT2D eigenvalue weighted by molar-refractivity contribution is -0.132. The van der Waals surface area contributed by atoms with Gasteiger partial charge < -0.3 is 15.6 Å². The fourth-order valence-electron chi connectivity index (χ4n) is 3.80. The van der Waals surface area contributed by atoms with Gasteiger partial charge in [-0.25, -0.2) is 4.98 Å². The molecule has 0 radical (unpaired) electrons. The highest BCUT2D eigenvalue weighted by molar-refractivity contribution is 6.30. The Morgan fingerprint density at radius 2 is 1.97 bits per heavy atom. The van der Waals surface area contributed by atoms with E-state index in [1.165, 1.54) is 0 Å². The minimum Gasteiger partial charge on any atom is -0.370 e. The van der Waals surface area contributed by atoms with Gasteiger partial charge in [-0.15, -0.1) is 0 Å². The quantitative estimate of drug-likeness (QED) is 0.669. The lowest BCUT2D eigenvalue weighted by Crippen LogP contribution is -2.41. The standard InChI is InChI=1S/C22H27ClN4O3/c1-2-3-5-15-12-27(19(29)7-4-6-18(24)28)13-17-20(15)25-21(26-22(17)30)14-8-10-16(23)11-9-14/h8-11,15H,2-7,12-13H2,1H3,(H2,24,28)(H,25,26,30). The van der Waals surface area contributed by atoms with Gasteiger partial charge in [-0.2, -0.15) is 0 Å². The number of aromatic amines is 1. The van der Waals surface area contributed by atoms with E-state index < -0.39 is 5.91 Å². The molecule has 3 N–H and O–H groups in total. The van der Waals surface area contributed by atoms with Crippen LogP contribution in [0.5, 0.6) is 0 Å². The average Bonchev–Trinajstić information content (AvgIpc) is 2.72. The highest BCUT2D eigenvalue weighted by Gasteiger charge is 2.31. The van der Waals surface area contributed by atoms with Crippen molar-refractivity contribution in [3.05, 3.63) is 50.9 Å². The summed E-state index contributed by atoms with van der Waals surface area (Å²) in [6, 6.07) is 7.17. The molecule has 1 aliphatic heterocycles. The second-order valence-electron chi connectivity index (χ2n) is 7.72. The van der Waals surface area contributed by atoms with Crippen molar-refractivity contribution in [2.45, 2.75) is 57.9 Å². The number of hydrogen-bond acceptors (Lipinski definition) is 4. The van der Waals surface area contributed by atoms with Crippen molar-refractivity contribution < 1.29 is 9.59 Å². The molecule has 0 aliphatic carbocycles. The molecule has 2 aromatic rings. The summed E-state index contributed by atoms with van der Waals surface area (Å²) in [6.45, 7) is 2.87. The van der Waals surface area contributed by atoms with Crippen LogP contribution in [0.2, 0.25) is 5.02 Å². The molecule has 2 amide bonds. The number of carbonyl (C=O) groups excluding carboxylic acids is 2. The number of H-pyrrole nitrogens is 1.